The molecule has 4 amide bonds. The van der Waals surface area contributed by atoms with Crippen molar-refractivity contribution in [2.75, 3.05) is 37.8 Å². The summed E-state index contributed by atoms with van der Waals surface area (Å²) in [5, 5.41) is 10.4. The van der Waals surface area contributed by atoms with Crippen LogP contribution in [0.15, 0.2) is 72.4 Å². The zero-order valence-corrected chi connectivity index (χ0v) is 28.7. The summed E-state index contributed by atoms with van der Waals surface area (Å²) in [6.07, 6.45) is 9.49. The van der Waals surface area contributed by atoms with E-state index in [0.717, 1.165) is 21.4 Å². The summed E-state index contributed by atoms with van der Waals surface area (Å²) in [5.41, 5.74) is 1.48. The number of anilines is 1. The molecule has 1 aliphatic carbocycles. The normalized spacial score (nSPS) is 18.0. The van der Waals surface area contributed by atoms with Gasteiger partial charge in [-0.3, -0.25) is 18.4 Å². The number of carbonyl (C=O) groups excluding carboxylic acids is 4. The van der Waals surface area contributed by atoms with E-state index in [1.54, 1.807) is 20.8 Å². The first kappa shape index (κ1) is 34.6. The SMILES string of the molecule is CC(C)(C)OC(=O)N1CC(C(=O)NCC2(c3csc(NC(=O)CNC(=O)c4ccn(S(C)(=O)=O)c4)n3)C=CC=C(c3ccccc3)C2)C1. The Bertz CT molecular complexity index is 1870. The summed E-state index contributed by atoms with van der Waals surface area (Å²) in [4.78, 5) is 57.0. The lowest BCUT2D eigenvalue weighted by Crippen LogP contribution is -2.57. The van der Waals surface area contributed by atoms with Gasteiger partial charge in [-0.05, 0) is 44.4 Å². The van der Waals surface area contributed by atoms with Gasteiger partial charge in [0.15, 0.2) is 5.13 Å². The van der Waals surface area contributed by atoms with Crippen LogP contribution in [-0.2, 0) is 29.8 Å². The highest BCUT2D eigenvalue weighted by Crippen LogP contribution is 2.40. The largest absolute Gasteiger partial charge is 0.444 e. The van der Waals surface area contributed by atoms with Crippen LogP contribution in [0.3, 0.4) is 0 Å². The Morgan fingerprint density at radius 2 is 1.81 bits per heavy atom. The van der Waals surface area contributed by atoms with Crippen molar-refractivity contribution in [1.29, 1.82) is 0 Å². The first-order chi connectivity index (χ1) is 22.6. The lowest BCUT2D eigenvalue weighted by Gasteiger charge is -2.39. The smallest absolute Gasteiger partial charge is 0.410 e. The molecular formula is C33H38N6O7S2. The molecule has 0 bridgehead atoms. The highest BCUT2D eigenvalue weighted by atomic mass is 32.2. The third kappa shape index (κ3) is 8.39. The maximum absolute atomic E-state index is 13.2. The summed E-state index contributed by atoms with van der Waals surface area (Å²) in [6.45, 7) is 5.79. The van der Waals surface area contributed by atoms with Gasteiger partial charge in [-0.25, -0.2) is 18.2 Å². The van der Waals surface area contributed by atoms with E-state index in [-0.39, 0.29) is 43.6 Å². The zero-order valence-electron chi connectivity index (χ0n) is 27.1. The van der Waals surface area contributed by atoms with Gasteiger partial charge in [-0.1, -0.05) is 48.6 Å². The number of allylic oxidation sites excluding steroid dienone is 3. The van der Waals surface area contributed by atoms with Gasteiger partial charge in [-0.2, -0.15) is 0 Å². The van der Waals surface area contributed by atoms with Gasteiger partial charge in [0.05, 0.1) is 35.4 Å². The topological polar surface area (TPSA) is 169 Å². The summed E-state index contributed by atoms with van der Waals surface area (Å²) >= 11 is 1.22. The predicted molar refractivity (Wildman–Crippen MR) is 182 cm³/mol. The molecular weight excluding hydrogens is 657 g/mol. The van der Waals surface area contributed by atoms with E-state index in [2.05, 4.69) is 16.0 Å². The number of amides is 4. The highest BCUT2D eigenvalue weighted by Gasteiger charge is 2.40. The monoisotopic (exact) mass is 694 g/mol. The van der Waals surface area contributed by atoms with Crippen molar-refractivity contribution in [2.45, 2.75) is 38.2 Å². The van der Waals surface area contributed by atoms with Crippen molar-refractivity contribution in [1.82, 2.24) is 24.5 Å². The average molecular weight is 695 g/mol. The molecule has 0 radical (unpaired) electrons. The van der Waals surface area contributed by atoms with Crippen LogP contribution < -0.4 is 16.0 Å². The average Bonchev–Trinajstić information content (AvgIpc) is 3.69. The number of hydrogen-bond donors (Lipinski definition) is 3. The van der Waals surface area contributed by atoms with Gasteiger partial charge >= 0.3 is 6.09 Å². The molecule has 1 saturated heterocycles. The van der Waals surface area contributed by atoms with E-state index in [4.69, 9.17) is 9.72 Å². The van der Waals surface area contributed by atoms with Crippen LogP contribution in [0, 0.1) is 5.92 Å². The van der Waals surface area contributed by atoms with E-state index in [1.165, 1.54) is 34.7 Å². The summed E-state index contributed by atoms with van der Waals surface area (Å²) in [6, 6.07) is 11.2. The van der Waals surface area contributed by atoms with Gasteiger partial charge < -0.3 is 25.6 Å². The number of benzene rings is 1. The Balaban J connectivity index is 1.24. The highest BCUT2D eigenvalue weighted by molar-refractivity contribution is 7.89. The first-order valence-electron chi connectivity index (χ1n) is 15.2. The molecule has 0 spiro atoms. The van der Waals surface area contributed by atoms with Crippen LogP contribution in [0.25, 0.3) is 5.57 Å². The van der Waals surface area contributed by atoms with Crippen molar-refractivity contribution in [3.8, 4) is 0 Å². The molecule has 2 aromatic heterocycles. The fourth-order valence-corrected chi connectivity index (χ4v) is 6.68. The van der Waals surface area contributed by atoms with E-state index in [9.17, 15) is 27.6 Å². The third-order valence-electron chi connectivity index (χ3n) is 7.83. The number of thiazole rings is 1. The molecule has 15 heteroatoms. The standard InChI is InChI=1S/C33H38N6O7S2/c1-32(2,3)46-31(43)38-17-25(18-38)29(42)35-21-33(13-8-11-23(15-33)22-9-6-5-7-10-22)26-20-47-30(36-26)37-27(40)16-34-28(41)24-12-14-39(19-24)48(4,44)45/h5-14,19-20,25H,15-18,21H2,1-4H3,(H,34,41)(H,35,42)(H,36,37,40). The number of aromatic nitrogens is 2. The molecule has 3 heterocycles. The number of nitrogens with one attached hydrogen (secondary N) is 3. The Morgan fingerprint density at radius 3 is 2.48 bits per heavy atom. The number of ether oxygens (including phenoxy) is 1. The van der Waals surface area contributed by atoms with Crippen LogP contribution in [-0.4, -0.2) is 84.1 Å². The van der Waals surface area contributed by atoms with Crippen LogP contribution in [0.1, 0.15) is 48.8 Å². The fraction of sp³-hybridized carbons (Fsp3) is 0.364. The minimum Gasteiger partial charge on any atom is -0.444 e. The first-order valence-corrected chi connectivity index (χ1v) is 18.0. The Morgan fingerprint density at radius 1 is 1.08 bits per heavy atom. The van der Waals surface area contributed by atoms with Gasteiger partial charge in [0.2, 0.25) is 21.8 Å². The second-order valence-corrected chi connectivity index (χ2v) is 15.6. The summed E-state index contributed by atoms with van der Waals surface area (Å²) in [5.74, 6) is -1.66. The number of rotatable bonds is 10. The summed E-state index contributed by atoms with van der Waals surface area (Å²) in [7, 11) is -3.54. The molecule has 1 unspecified atom stereocenters. The Kier molecular flexibility index (Phi) is 9.91. The van der Waals surface area contributed by atoms with E-state index >= 15 is 0 Å². The van der Waals surface area contributed by atoms with Crippen molar-refractivity contribution in [3.63, 3.8) is 0 Å². The zero-order chi connectivity index (χ0) is 34.7. The molecule has 1 atom stereocenters. The summed E-state index contributed by atoms with van der Waals surface area (Å²) < 4.78 is 29.7. The Hall–Kier alpha value is -4.76. The number of nitrogens with zero attached hydrogens (tertiary/aromatic N) is 3. The molecule has 1 aliphatic heterocycles. The molecule has 2 aliphatic rings. The van der Waals surface area contributed by atoms with Gasteiger partial charge in [-0.15, -0.1) is 11.3 Å². The second-order valence-electron chi connectivity index (χ2n) is 12.8. The Labute approximate surface area is 283 Å². The third-order valence-corrected chi connectivity index (χ3v) is 9.58. The van der Waals surface area contributed by atoms with Crippen molar-refractivity contribution < 1.29 is 32.3 Å². The van der Waals surface area contributed by atoms with Crippen LogP contribution in [0.4, 0.5) is 9.93 Å². The number of carbonyl (C=O) groups is 4. The minimum absolute atomic E-state index is 0.0968. The molecule has 1 aromatic carbocycles. The van der Waals surface area contributed by atoms with E-state index in [0.29, 0.717) is 17.2 Å². The van der Waals surface area contributed by atoms with Gasteiger partial charge in [0.1, 0.15) is 5.60 Å². The van der Waals surface area contributed by atoms with Gasteiger partial charge in [0, 0.05) is 37.4 Å². The second kappa shape index (κ2) is 13.8. The van der Waals surface area contributed by atoms with Crippen molar-refractivity contribution in [2.24, 2.45) is 5.92 Å². The lowest BCUT2D eigenvalue weighted by molar-refractivity contribution is -0.129. The van der Waals surface area contributed by atoms with Crippen LogP contribution in [0.2, 0.25) is 0 Å². The van der Waals surface area contributed by atoms with E-state index < -0.39 is 38.9 Å². The van der Waals surface area contributed by atoms with E-state index in [1.807, 2.05) is 53.9 Å². The van der Waals surface area contributed by atoms with Crippen molar-refractivity contribution in [3.05, 3.63) is 89.2 Å². The molecule has 3 N–H and O–H groups in total. The van der Waals surface area contributed by atoms with Gasteiger partial charge in [0.25, 0.3) is 5.91 Å². The number of hydrogen-bond acceptors (Lipinski definition) is 9. The molecule has 3 aromatic rings. The maximum Gasteiger partial charge on any atom is 0.410 e. The quantitative estimate of drug-likeness (QED) is 0.290. The molecule has 1 fully saturated rings. The fourth-order valence-electron chi connectivity index (χ4n) is 5.26. The van der Waals surface area contributed by atoms with Crippen LogP contribution >= 0.6 is 11.3 Å². The lowest BCUT2D eigenvalue weighted by atomic mass is 9.74. The molecule has 5 rings (SSSR count). The molecule has 0 saturated carbocycles. The predicted octanol–water partition coefficient (Wildman–Crippen LogP) is 3.39. The maximum atomic E-state index is 13.2. The minimum atomic E-state index is -3.54. The number of likely N-dealkylation sites (tertiary alicyclic amines) is 1. The molecule has 13 nitrogen and oxygen atoms in total. The van der Waals surface area contributed by atoms with Crippen LogP contribution in [0.5, 0.6) is 0 Å². The van der Waals surface area contributed by atoms with Crippen molar-refractivity contribution >= 4 is 55.9 Å². The molecule has 254 valence electrons. The molecule has 48 heavy (non-hydrogen) atoms.